The van der Waals surface area contributed by atoms with Crippen molar-refractivity contribution in [1.82, 2.24) is 14.5 Å². The second-order valence-electron chi connectivity index (χ2n) is 7.16. The van der Waals surface area contributed by atoms with Crippen LogP contribution in [0.3, 0.4) is 0 Å². The quantitative estimate of drug-likeness (QED) is 0.736. The van der Waals surface area contributed by atoms with Gasteiger partial charge < -0.3 is 4.90 Å². The number of rotatable bonds is 1. The number of fused-ring (bicyclic) bond motifs is 1. The van der Waals surface area contributed by atoms with Gasteiger partial charge in [0.2, 0.25) is 0 Å². The summed E-state index contributed by atoms with van der Waals surface area (Å²) in [5, 5.41) is 4.46. The lowest BCUT2D eigenvalue weighted by Crippen LogP contribution is -2.44. The summed E-state index contributed by atoms with van der Waals surface area (Å²) in [5.41, 5.74) is 4.32. The molecule has 1 aliphatic carbocycles. The molecule has 4 rings (SSSR count). The fourth-order valence-corrected chi connectivity index (χ4v) is 4.14. The second-order valence-corrected chi connectivity index (χ2v) is 8.08. The number of nitrogens with zero attached hydrogens (tertiary/aromatic N) is 3. The smallest absolute Gasteiger partial charge is 0.274 e. The molecule has 24 heavy (non-hydrogen) atoms. The van der Waals surface area contributed by atoms with Gasteiger partial charge in [0, 0.05) is 22.6 Å². The summed E-state index contributed by atoms with van der Waals surface area (Å²) in [6.45, 7) is 7.36. The summed E-state index contributed by atoms with van der Waals surface area (Å²) < 4.78 is 2.69. The molecule has 0 radical (unpaired) electrons. The van der Waals surface area contributed by atoms with Crippen molar-refractivity contribution >= 4 is 27.4 Å². The highest BCUT2D eigenvalue weighted by Crippen LogP contribution is 2.43. The molecule has 0 saturated heterocycles. The lowest BCUT2D eigenvalue weighted by atomic mass is 9.81. The van der Waals surface area contributed by atoms with Gasteiger partial charge in [0.05, 0.1) is 11.6 Å². The van der Waals surface area contributed by atoms with Crippen LogP contribution in [0.4, 0.5) is 0 Å². The minimum atomic E-state index is 0.00646. The van der Waals surface area contributed by atoms with Crippen molar-refractivity contribution in [2.45, 2.75) is 33.2 Å². The third-order valence-corrected chi connectivity index (χ3v) is 5.70. The van der Waals surface area contributed by atoms with E-state index < -0.39 is 0 Å². The molecule has 0 saturated carbocycles. The standard InChI is InChI=1S/C19H20BrN3O/c1-12-15-6-8-19(2,3)16(15)7-9-22(12)18(24)17-10-14-5-4-13(20)11-23(14)21-17/h4-6,8,10-12H,7,9H2,1-3H3. The van der Waals surface area contributed by atoms with E-state index in [9.17, 15) is 4.79 Å². The maximum absolute atomic E-state index is 13.0. The van der Waals surface area contributed by atoms with Crippen LogP contribution < -0.4 is 0 Å². The summed E-state index contributed by atoms with van der Waals surface area (Å²) in [7, 11) is 0. The van der Waals surface area contributed by atoms with E-state index in [1.807, 2.05) is 29.3 Å². The number of pyridine rings is 1. The van der Waals surface area contributed by atoms with E-state index in [1.165, 1.54) is 11.1 Å². The Kier molecular flexibility index (Phi) is 3.46. The Morgan fingerprint density at radius 1 is 1.38 bits per heavy atom. The predicted molar refractivity (Wildman–Crippen MR) is 98.0 cm³/mol. The zero-order valence-electron chi connectivity index (χ0n) is 14.1. The van der Waals surface area contributed by atoms with Gasteiger partial charge in [-0.1, -0.05) is 31.6 Å². The van der Waals surface area contributed by atoms with Crippen molar-refractivity contribution < 1.29 is 4.79 Å². The van der Waals surface area contributed by atoms with Crippen LogP contribution in [0.1, 0.15) is 37.7 Å². The fourth-order valence-electron chi connectivity index (χ4n) is 3.81. The highest BCUT2D eigenvalue weighted by atomic mass is 79.9. The first kappa shape index (κ1) is 15.6. The van der Waals surface area contributed by atoms with Gasteiger partial charge in [-0.25, -0.2) is 4.52 Å². The van der Waals surface area contributed by atoms with Crippen molar-refractivity contribution in [1.29, 1.82) is 0 Å². The van der Waals surface area contributed by atoms with Gasteiger partial charge >= 0.3 is 0 Å². The summed E-state index contributed by atoms with van der Waals surface area (Å²) >= 11 is 3.44. The number of allylic oxidation sites excluding steroid dienone is 1. The molecule has 2 aromatic heterocycles. The molecular weight excluding hydrogens is 366 g/mol. The van der Waals surface area contributed by atoms with E-state index in [-0.39, 0.29) is 17.4 Å². The zero-order valence-corrected chi connectivity index (χ0v) is 15.7. The lowest BCUT2D eigenvalue weighted by molar-refractivity contribution is 0.0699. The number of hydrogen-bond acceptors (Lipinski definition) is 2. The molecule has 5 heteroatoms. The Hall–Kier alpha value is -1.88. The van der Waals surface area contributed by atoms with Crippen molar-refractivity contribution in [2.24, 2.45) is 5.41 Å². The van der Waals surface area contributed by atoms with Gasteiger partial charge in [-0.15, -0.1) is 0 Å². The van der Waals surface area contributed by atoms with E-state index in [1.54, 1.807) is 4.52 Å². The molecule has 0 bridgehead atoms. The van der Waals surface area contributed by atoms with Gasteiger partial charge in [0.1, 0.15) is 0 Å². The zero-order chi connectivity index (χ0) is 17.1. The van der Waals surface area contributed by atoms with Gasteiger partial charge in [-0.2, -0.15) is 5.10 Å². The number of amides is 1. The van der Waals surface area contributed by atoms with Crippen LogP contribution in [0.2, 0.25) is 0 Å². The highest BCUT2D eigenvalue weighted by molar-refractivity contribution is 9.10. The molecule has 1 atom stereocenters. The Balaban J connectivity index is 1.66. The monoisotopic (exact) mass is 385 g/mol. The van der Waals surface area contributed by atoms with Crippen LogP contribution in [0.5, 0.6) is 0 Å². The van der Waals surface area contributed by atoms with Crippen LogP contribution in [0, 0.1) is 5.41 Å². The summed E-state index contributed by atoms with van der Waals surface area (Å²) in [4.78, 5) is 15.0. The fraction of sp³-hybridized carbons (Fsp3) is 0.368. The van der Waals surface area contributed by atoms with Crippen LogP contribution in [0.15, 0.2) is 52.2 Å². The van der Waals surface area contributed by atoms with Crippen molar-refractivity contribution in [2.75, 3.05) is 6.54 Å². The number of hydrogen-bond donors (Lipinski definition) is 0. The molecule has 4 nitrogen and oxygen atoms in total. The first-order valence-electron chi connectivity index (χ1n) is 8.25. The third-order valence-electron chi connectivity index (χ3n) is 5.23. The molecule has 2 aliphatic rings. The number of carbonyl (C=O) groups is 1. The first-order valence-corrected chi connectivity index (χ1v) is 9.05. The van der Waals surface area contributed by atoms with Crippen LogP contribution >= 0.6 is 15.9 Å². The van der Waals surface area contributed by atoms with Gasteiger partial charge in [-0.05, 0) is 53.0 Å². The molecule has 0 spiro atoms. The summed E-state index contributed by atoms with van der Waals surface area (Å²) in [5.74, 6) is 0.00646. The largest absolute Gasteiger partial charge is 0.330 e. The summed E-state index contributed by atoms with van der Waals surface area (Å²) in [6, 6.07) is 5.86. The van der Waals surface area contributed by atoms with E-state index in [0.29, 0.717) is 5.69 Å². The molecule has 3 heterocycles. The molecule has 0 aromatic carbocycles. The van der Waals surface area contributed by atoms with E-state index in [4.69, 9.17) is 0 Å². The number of aromatic nitrogens is 2. The molecule has 1 unspecified atom stereocenters. The van der Waals surface area contributed by atoms with Crippen LogP contribution in [0.25, 0.3) is 5.52 Å². The van der Waals surface area contributed by atoms with Crippen molar-refractivity contribution in [3.05, 3.63) is 57.9 Å². The van der Waals surface area contributed by atoms with Gasteiger partial charge in [0.15, 0.2) is 5.69 Å². The maximum Gasteiger partial charge on any atom is 0.274 e. The normalized spacial score (nSPS) is 22.3. The van der Waals surface area contributed by atoms with E-state index in [2.05, 4.69) is 54.0 Å². The number of carbonyl (C=O) groups excluding carboxylic acids is 1. The Bertz CT molecular complexity index is 906. The third kappa shape index (κ3) is 2.34. The van der Waals surface area contributed by atoms with Crippen molar-refractivity contribution in [3.63, 3.8) is 0 Å². The molecule has 1 amide bonds. The minimum Gasteiger partial charge on any atom is -0.330 e. The Labute approximate surface area is 150 Å². The van der Waals surface area contributed by atoms with E-state index >= 15 is 0 Å². The predicted octanol–water partition coefficient (Wildman–Crippen LogP) is 4.22. The maximum atomic E-state index is 13.0. The highest BCUT2D eigenvalue weighted by Gasteiger charge is 2.37. The Morgan fingerprint density at radius 2 is 2.17 bits per heavy atom. The van der Waals surface area contributed by atoms with Gasteiger partial charge in [0.25, 0.3) is 5.91 Å². The second kappa shape index (κ2) is 5.31. The Morgan fingerprint density at radius 3 is 2.96 bits per heavy atom. The minimum absolute atomic E-state index is 0.00646. The average molecular weight is 386 g/mol. The first-order chi connectivity index (χ1) is 11.4. The van der Waals surface area contributed by atoms with Crippen LogP contribution in [-0.2, 0) is 0 Å². The molecular formula is C19H20BrN3O. The summed E-state index contributed by atoms with van der Waals surface area (Å²) in [6.07, 6.45) is 7.25. The topological polar surface area (TPSA) is 37.6 Å². The molecule has 0 N–H and O–H groups in total. The molecule has 0 fully saturated rings. The van der Waals surface area contributed by atoms with E-state index in [0.717, 1.165) is 23.0 Å². The lowest BCUT2D eigenvalue weighted by Gasteiger charge is -2.37. The molecule has 1 aliphatic heterocycles. The van der Waals surface area contributed by atoms with Crippen LogP contribution in [-0.4, -0.2) is 33.0 Å². The van der Waals surface area contributed by atoms with Gasteiger partial charge in [-0.3, -0.25) is 4.79 Å². The number of halogens is 1. The van der Waals surface area contributed by atoms with Crippen molar-refractivity contribution in [3.8, 4) is 0 Å². The SMILES string of the molecule is CC1C2=C(CCN1C(=O)c1cc3ccc(Br)cn3n1)C(C)(C)C=C2. The molecule has 2 aromatic rings. The average Bonchev–Trinajstić information content (AvgIpc) is 3.08. The molecule has 124 valence electrons.